The number of hydrogen-bond acceptors (Lipinski definition) is 5. The Kier molecular flexibility index (Phi) is 4.33. The summed E-state index contributed by atoms with van der Waals surface area (Å²) in [5.41, 5.74) is 0.853. The summed E-state index contributed by atoms with van der Waals surface area (Å²) in [6.45, 7) is 2.47. The minimum Gasteiger partial charge on any atom is -0.493 e. The van der Waals surface area contributed by atoms with Crippen molar-refractivity contribution in [1.82, 2.24) is 4.90 Å². The van der Waals surface area contributed by atoms with Crippen molar-refractivity contribution in [3.63, 3.8) is 0 Å². The molecule has 2 aliphatic rings. The van der Waals surface area contributed by atoms with Gasteiger partial charge >= 0.3 is 0 Å². The van der Waals surface area contributed by atoms with Crippen LogP contribution in [0.15, 0.2) is 18.2 Å². The maximum atomic E-state index is 10.5. The van der Waals surface area contributed by atoms with Gasteiger partial charge in [0.05, 0.1) is 32.5 Å². The van der Waals surface area contributed by atoms with Crippen molar-refractivity contribution in [2.24, 2.45) is 0 Å². The number of aliphatic hydroxyl groups excluding tert-OH is 1. The maximum absolute atomic E-state index is 10.5. The number of rotatable bonds is 5. The van der Waals surface area contributed by atoms with Gasteiger partial charge in [0, 0.05) is 19.6 Å². The molecule has 1 aromatic rings. The van der Waals surface area contributed by atoms with E-state index in [2.05, 4.69) is 4.90 Å². The highest BCUT2D eigenvalue weighted by Crippen LogP contribution is 2.31. The van der Waals surface area contributed by atoms with Gasteiger partial charge in [-0.2, -0.15) is 0 Å². The van der Waals surface area contributed by atoms with E-state index in [0.717, 1.165) is 31.5 Å². The molecule has 3 atom stereocenters. The van der Waals surface area contributed by atoms with Crippen molar-refractivity contribution in [2.75, 3.05) is 33.9 Å². The summed E-state index contributed by atoms with van der Waals surface area (Å²) in [6.07, 6.45) is 2.46. The van der Waals surface area contributed by atoms with E-state index in [4.69, 9.17) is 14.2 Å². The van der Waals surface area contributed by atoms with Crippen LogP contribution in [-0.4, -0.2) is 56.1 Å². The van der Waals surface area contributed by atoms with Crippen molar-refractivity contribution in [2.45, 2.75) is 31.2 Å². The molecule has 116 valence electrons. The van der Waals surface area contributed by atoms with Crippen LogP contribution in [0.4, 0.5) is 0 Å². The predicted octanol–water partition coefficient (Wildman–Crippen LogP) is 1.60. The van der Waals surface area contributed by atoms with Gasteiger partial charge in [-0.1, -0.05) is 6.07 Å². The van der Waals surface area contributed by atoms with Crippen molar-refractivity contribution in [3.8, 4) is 11.5 Å². The van der Waals surface area contributed by atoms with E-state index in [1.54, 1.807) is 14.2 Å². The molecule has 2 bridgehead atoms. The van der Waals surface area contributed by atoms with Gasteiger partial charge in [-0.15, -0.1) is 0 Å². The van der Waals surface area contributed by atoms with E-state index in [0.29, 0.717) is 30.3 Å². The number of aliphatic hydroxyl groups is 1. The Morgan fingerprint density at radius 1 is 1.19 bits per heavy atom. The third-order valence-corrected chi connectivity index (χ3v) is 4.34. The molecule has 0 aliphatic carbocycles. The zero-order valence-corrected chi connectivity index (χ0v) is 12.6. The van der Waals surface area contributed by atoms with Crippen molar-refractivity contribution in [3.05, 3.63) is 23.8 Å². The second-order valence-corrected chi connectivity index (χ2v) is 5.81. The van der Waals surface area contributed by atoms with Gasteiger partial charge in [-0.3, -0.25) is 4.90 Å². The topological polar surface area (TPSA) is 51.2 Å². The highest BCUT2D eigenvalue weighted by molar-refractivity contribution is 5.43. The van der Waals surface area contributed by atoms with Gasteiger partial charge in [0.2, 0.25) is 0 Å². The van der Waals surface area contributed by atoms with Crippen molar-refractivity contribution >= 4 is 0 Å². The summed E-state index contributed by atoms with van der Waals surface area (Å²) >= 11 is 0. The summed E-state index contributed by atoms with van der Waals surface area (Å²) in [6, 6.07) is 5.57. The third kappa shape index (κ3) is 3.15. The first kappa shape index (κ1) is 14.6. The molecule has 5 heteroatoms. The molecule has 2 heterocycles. The largest absolute Gasteiger partial charge is 0.493 e. The Labute approximate surface area is 125 Å². The average molecular weight is 293 g/mol. The van der Waals surface area contributed by atoms with Crippen LogP contribution in [-0.2, 0) is 4.74 Å². The Morgan fingerprint density at radius 2 is 1.86 bits per heavy atom. The molecule has 0 radical (unpaired) electrons. The third-order valence-electron chi connectivity index (χ3n) is 4.34. The summed E-state index contributed by atoms with van der Waals surface area (Å²) in [4.78, 5) is 2.30. The molecule has 5 nitrogen and oxygen atoms in total. The molecule has 2 saturated heterocycles. The van der Waals surface area contributed by atoms with Crippen LogP contribution in [0.5, 0.6) is 11.5 Å². The smallest absolute Gasteiger partial charge is 0.161 e. The second kappa shape index (κ2) is 6.22. The minimum atomic E-state index is -0.526. The number of morpholine rings is 1. The highest BCUT2D eigenvalue weighted by atomic mass is 16.5. The molecule has 3 unspecified atom stereocenters. The fraction of sp³-hybridized carbons (Fsp3) is 0.625. The Bertz CT molecular complexity index is 481. The Morgan fingerprint density at radius 3 is 2.48 bits per heavy atom. The number of fused-ring (bicyclic) bond motifs is 2. The lowest BCUT2D eigenvalue weighted by molar-refractivity contribution is -0.0497. The quantitative estimate of drug-likeness (QED) is 0.893. The number of benzene rings is 1. The first-order valence-electron chi connectivity index (χ1n) is 7.47. The van der Waals surface area contributed by atoms with Gasteiger partial charge in [-0.05, 0) is 30.5 Å². The zero-order valence-electron chi connectivity index (χ0n) is 12.6. The molecule has 0 amide bonds. The monoisotopic (exact) mass is 293 g/mol. The molecular formula is C16H23NO4. The van der Waals surface area contributed by atoms with Gasteiger partial charge in [-0.25, -0.2) is 0 Å². The number of methoxy groups -OCH3 is 2. The second-order valence-electron chi connectivity index (χ2n) is 5.81. The van der Waals surface area contributed by atoms with E-state index < -0.39 is 6.10 Å². The first-order valence-corrected chi connectivity index (χ1v) is 7.47. The van der Waals surface area contributed by atoms with E-state index in [-0.39, 0.29) is 0 Å². The summed E-state index contributed by atoms with van der Waals surface area (Å²) in [7, 11) is 3.21. The van der Waals surface area contributed by atoms with Gasteiger partial charge in [0.25, 0.3) is 0 Å². The van der Waals surface area contributed by atoms with Crippen molar-refractivity contribution < 1.29 is 19.3 Å². The minimum absolute atomic E-state index is 0.348. The first-order chi connectivity index (χ1) is 10.2. The van der Waals surface area contributed by atoms with E-state index >= 15 is 0 Å². The number of likely N-dealkylation sites (tertiary alicyclic amines) is 1. The molecule has 21 heavy (non-hydrogen) atoms. The number of β-amino-alcohol motifs (C(OH)–C–C–N with tert-alkyl or cyclic N) is 1. The highest BCUT2D eigenvalue weighted by Gasteiger charge is 2.34. The zero-order chi connectivity index (χ0) is 14.8. The molecule has 0 saturated carbocycles. The summed E-state index contributed by atoms with van der Waals surface area (Å²) in [5.74, 6) is 1.33. The van der Waals surface area contributed by atoms with Crippen molar-refractivity contribution in [1.29, 1.82) is 0 Å². The van der Waals surface area contributed by atoms with E-state index in [1.807, 2.05) is 18.2 Å². The average Bonchev–Trinajstić information content (AvgIpc) is 2.85. The molecule has 2 fully saturated rings. The van der Waals surface area contributed by atoms with Crippen LogP contribution < -0.4 is 9.47 Å². The Hall–Kier alpha value is -1.30. The molecule has 2 aliphatic heterocycles. The van der Waals surface area contributed by atoms with Gasteiger partial charge in [0.15, 0.2) is 11.5 Å². The lowest BCUT2D eigenvalue weighted by Gasteiger charge is -2.33. The van der Waals surface area contributed by atoms with Gasteiger partial charge in [0.1, 0.15) is 0 Å². The molecule has 0 spiro atoms. The fourth-order valence-electron chi connectivity index (χ4n) is 3.26. The normalized spacial score (nSPS) is 26.6. The van der Waals surface area contributed by atoms with Crippen LogP contribution in [0.25, 0.3) is 0 Å². The summed E-state index contributed by atoms with van der Waals surface area (Å²) < 4.78 is 16.3. The predicted molar refractivity (Wildman–Crippen MR) is 78.8 cm³/mol. The summed E-state index contributed by atoms with van der Waals surface area (Å²) in [5, 5.41) is 10.5. The SMILES string of the molecule is COc1ccc(C(O)CN2CC3CCC(C2)O3)cc1OC. The molecule has 1 N–H and O–H groups in total. The van der Waals surface area contributed by atoms with Crippen LogP contribution in [0.2, 0.25) is 0 Å². The molecule has 1 aromatic carbocycles. The standard InChI is InChI=1S/C16H23NO4/c1-19-15-6-3-11(7-16(15)20-2)14(18)10-17-8-12-4-5-13(9-17)21-12/h3,6-7,12-14,18H,4-5,8-10H2,1-2H3. The van der Waals surface area contributed by atoms with E-state index in [9.17, 15) is 5.11 Å². The lowest BCUT2D eigenvalue weighted by Crippen LogP contribution is -2.44. The molecule has 3 rings (SSSR count). The molecular weight excluding hydrogens is 270 g/mol. The maximum Gasteiger partial charge on any atom is 0.161 e. The fourth-order valence-corrected chi connectivity index (χ4v) is 3.26. The van der Waals surface area contributed by atoms with Crippen LogP contribution >= 0.6 is 0 Å². The van der Waals surface area contributed by atoms with Crippen LogP contribution in [0.3, 0.4) is 0 Å². The Balaban J connectivity index is 1.66. The number of ether oxygens (including phenoxy) is 3. The molecule has 0 aromatic heterocycles. The van der Waals surface area contributed by atoms with Gasteiger partial charge < -0.3 is 19.3 Å². The van der Waals surface area contributed by atoms with Crippen LogP contribution in [0.1, 0.15) is 24.5 Å². The lowest BCUT2D eigenvalue weighted by atomic mass is 10.1. The number of nitrogens with zero attached hydrogens (tertiary/aromatic N) is 1. The number of hydrogen-bond donors (Lipinski definition) is 1. The van der Waals surface area contributed by atoms with Crippen LogP contribution in [0, 0.1) is 0 Å². The van der Waals surface area contributed by atoms with E-state index in [1.165, 1.54) is 0 Å².